The SMILES string of the molecule is CCOC(=O)[C@H]1C[C@@H]1C1=CCC(C(=O)OCC)(C(=O)OCC)C1. The molecule has 128 valence electrons. The van der Waals surface area contributed by atoms with Crippen LogP contribution >= 0.6 is 0 Å². The Morgan fingerprint density at radius 1 is 1.04 bits per heavy atom. The largest absolute Gasteiger partial charge is 0.466 e. The zero-order valence-electron chi connectivity index (χ0n) is 13.9. The van der Waals surface area contributed by atoms with Crippen molar-refractivity contribution < 1.29 is 28.6 Å². The lowest BCUT2D eigenvalue weighted by atomic mass is 9.83. The second-order valence-corrected chi connectivity index (χ2v) is 5.88. The van der Waals surface area contributed by atoms with Crippen LogP contribution in [0.3, 0.4) is 0 Å². The summed E-state index contributed by atoms with van der Waals surface area (Å²) in [5.74, 6) is -1.37. The Morgan fingerprint density at radius 2 is 1.61 bits per heavy atom. The summed E-state index contributed by atoms with van der Waals surface area (Å²) in [6, 6.07) is 0. The first kappa shape index (κ1) is 17.5. The first-order chi connectivity index (χ1) is 11.0. The molecule has 0 radical (unpaired) electrons. The van der Waals surface area contributed by atoms with Gasteiger partial charge in [0.05, 0.1) is 25.7 Å². The van der Waals surface area contributed by atoms with E-state index in [-0.39, 0.29) is 43.9 Å². The summed E-state index contributed by atoms with van der Waals surface area (Å²) in [6.45, 7) is 5.97. The van der Waals surface area contributed by atoms with Crippen LogP contribution in [-0.2, 0) is 28.6 Å². The van der Waals surface area contributed by atoms with Crippen LogP contribution in [0.25, 0.3) is 0 Å². The van der Waals surface area contributed by atoms with Gasteiger partial charge in [0.15, 0.2) is 5.41 Å². The molecular weight excluding hydrogens is 300 g/mol. The van der Waals surface area contributed by atoms with Crippen LogP contribution in [0.4, 0.5) is 0 Å². The molecule has 0 saturated heterocycles. The zero-order chi connectivity index (χ0) is 17.0. The van der Waals surface area contributed by atoms with Crippen molar-refractivity contribution in [2.24, 2.45) is 17.3 Å². The van der Waals surface area contributed by atoms with Gasteiger partial charge < -0.3 is 14.2 Å². The first-order valence-electron chi connectivity index (χ1n) is 8.20. The predicted octanol–water partition coefficient (Wildman–Crippen LogP) is 2.02. The number of carbonyl (C=O) groups is 3. The maximum Gasteiger partial charge on any atom is 0.324 e. The molecule has 6 nitrogen and oxygen atoms in total. The van der Waals surface area contributed by atoms with Crippen LogP contribution in [0.5, 0.6) is 0 Å². The molecule has 0 aromatic carbocycles. The Bertz CT molecular complexity index is 503. The van der Waals surface area contributed by atoms with Crippen molar-refractivity contribution in [3.05, 3.63) is 11.6 Å². The van der Waals surface area contributed by atoms with E-state index < -0.39 is 17.4 Å². The number of esters is 3. The summed E-state index contributed by atoms with van der Waals surface area (Å²) in [7, 11) is 0. The Labute approximate surface area is 136 Å². The van der Waals surface area contributed by atoms with Gasteiger partial charge in [-0.15, -0.1) is 0 Å². The van der Waals surface area contributed by atoms with Crippen molar-refractivity contribution in [2.45, 2.75) is 40.0 Å². The second-order valence-electron chi connectivity index (χ2n) is 5.88. The highest BCUT2D eigenvalue weighted by atomic mass is 16.6. The molecule has 1 fully saturated rings. The summed E-state index contributed by atoms with van der Waals surface area (Å²) in [6.07, 6.45) is 3.14. The molecule has 2 rings (SSSR count). The molecule has 2 aliphatic carbocycles. The van der Waals surface area contributed by atoms with Crippen LogP contribution in [-0.4, -0.2) is 37.7 Å². The Balaban J connectivity index is 2.07. The Kier molecular flexibility index (Phi) is 5.44. The molecule has 0 unspecified atom stereocenters. The van der Waals surface area contributed by atoms with Crippen LogP contribution in [0, 0.1) is 17.3 Å². The molecule has 23 heavy (non-hydrogen) atoms. The summed E-state index contributed by atoms with van der Waals surface area (Å²) >= 11 is 0. The number of allylic oxidation sites excluding steroid dienone is 2. The highest BCUT2D eigenvalue weighted by molar-refractivity contribution is 6.01. The molecule has 2 atom stereocenters. The van der Waals surface area contributed by atoms with Crippen molar-refractivity contribution in [2.75, 3.05) is 19.8 Å². The summed E-state index contributed by atoms with van der Waals surface area (Å²) in [5.41, 5.74) is -0.326. The van der Waals surface area contributed by atoms with E-state index in [9.17, 15) is 14.4 Å². The number of rotatable bonds is 7. The molecule has 0 aliphatic heterocycles. The Hall–Kier alpha value is -1.85. The molecule has 6 heteroatoms. The molecule has 0 heterocycles. The van der Waals surface area contributed by atoms with Gasteiger partial charge in [0.2, 0.25) is 0 Å². The molecule has 0 amide bonds. The lowest BCUT2D eigenvalue weighted by Gasteiger charge is -2.24. The third kappa shape index (κ3) is 3.41. The van der Waals surface area contributed by atoms with Gasteiger partial charge in [-0.05, 0) is 46.0 Å². The third-order valence-corrected chi connectivity index (χ3v) is 4.41. The lowest BCUT2D eigenvalue weighted by molar-refractivity contribution is -0.171. The van der Waals surface area contributed by atoms with E-state index in [4.69, 9.17) is 14.2 Å². The number of carbonyl (C=O) groups excluding carboxylic acids is 3. The van der Waals surface area contributed by atoms with Crippen molar-refractivity contribution >= 4 is 17.9 Å². The van der Waals surface area contributed by atoms with Crippen LogP contribution in [0.1, 0.15) is 40.0 Å². The van der Waals surface area contributed by atoms with Gasteiger partial charge in [-0.25, -0.2) is 0 Å². The van der Waals surface area contributed by atoms with Gasteiger partial charge in [-0.2, -0.15) is 0 Å². The van der Waals surface area contributed by atoms with Crippen LogP contribution < -0.4 is 0 Å². The van der Waals surface area contributed by atoms with Gasteiger partial charge in [0.25, 0.3) is 0 Å². The monoisotopic (exact) mass is 324 g/mol. The molecule has 0 N–H and O–H groups in total. The fourth-order valence-electron chi connectivity index (χ4n) is 3.13. The van der Waals surface area contributed by atoms with Crippen molar-refractivity contribution in [3.8, 4) is 0 Å². The smallest absolute Gasteiger partial charge is 0.324 e. The van der Waals surface area contributed by atoms with Crippen molar-refractivity contribution in [1.82, 2.24) is 0 Å². The highest BCUT2D eigenvalue weighted by Crippen LogP contribution is 2.53. The molecule has 0 aromatic rings. The minimum atomic E-state index is -1.29. The molecular formula is C17H24O6. The highest BCUT2D eigenvalue weighted by Gasteiger charge is 2.56. The van der Waals surface area contributed by atoms with E-state index in [2.05, 4.69) is 0 Å². The quantitative estimate of drug-likeness (QED) is 0.308. The van der Waals surface area contributed by atoms with E-state index in [1.54, 1.807) is 20.8 Å². The molecule has 0 bridgehead atoms. The summed E-state index contributed by atoms with van der Waals surface area (Å²) < 4.78 is 15.2. The van der Waals surface area contributed by atoms with Gasteiger partial charge in [0.1, 0.15) is 0 Å². The fraction of sp³-hybridized carbons (Fsp3) is 0.706. The first-order valence-corrected chi connectivity index (χ1v) is 8.20. The number of hydrogen-bond acceptors (Lipinski definition) is 6. The maximum atomic E-state index is 12.3. The fourth-order valence-corrected chi connectivity index (χ4v) is 3.13. The van der Waals surface area contributed by atoms with Gasteiger partial charge in [-0.3, -0.25) is 14.4 Å². The zero-order valence-corrected chi connectivity index (χ0v) is 13.9. The van der Waals surface area contributed by atoms with E-state index in [0.29, 0.717) is 13.0 Å². The number of ether oxygens (including phenoxy) is 3. The predicted molar refractivity (Wildman–Crippen MR) is 81.2 cm³/mol. The molecule has 0 aromatic heterocycles. The van der Waals surface area contributed by atoms with Crippen LogP contribution in [0.2, 0.25) is 0 Å². The minimum Gasteiger partial charge on any atom is -0.466 e. The summed E-state index contributed by atoms with van der Waals surface area (Å²) in [4.78, 5) is 36.5. The number of hydrogen-bond donors (Lipinski definition) is 0. The van der Waals surface area contributed by atoms with Crippen LogP contribution in [0.15, 0.2) is 11.6 Å². The minimum absolute atomic E-state index is 0.0692. The van der Waals surface area contributed by atoms with Crippen molar-refractivity contribution in [3.63, 3.8) is 0 Å². The van der Waals surface area contributed by atoms with E-state index >= 15 is 0 Å². The normalized spacial score (nSPS) is 24.6. The summed E-state index contributed by atoms with van der Waals surface area (Å²) in [5, 5.41) is 0. The molecule has 2 aliphatic rings. The van der Waals surface area contributed by atoms with E-state index in [0.717, 1.165) is 5.57 Å². The van der Waals surface area contributed by atoms with Gasteiger partial charge in [0, 0.05) is 0 Å². The standard InChI is InChI=1S/C17H24O6/c1-4-21-14(18)13-9-12(13)11-7-8-17(10-11,15(19)22-5-2)16(20)23-6-3/h7,12-13H,4-6,8-10H2,1-3H3/t12-,13+/m1/s1. The topological polar surface area (TPSA) is 78.9 Å². The second kappa shape index (κ2) is 7.15. The average Bonchev–Trinajstić information content (AvgIpc) is 3.19. The lowest BCUT2D eigenvalue weighted by Crippen LogP contribution is -2.40. The average molecular weight is 324 g/mol. The van der Waals surface area contributed by atoms with Crippen molar-refractivity contribution in [1.29, 1.82) is 0 Å². The third-order valence-electron chi connectivity index (χ3n) is 4.41. The van der Waals surface area contributed by atoms with E-state index in [1.807, 2.05) is 6.08 Å². The maximum absolute atomic E-state index is 12.3. The van der Waals surface area contributed by atoms with E-state index in [1.165, 1.54) is 0 Å². The molecule has 0 spiro atoms. The van der Waals surface area contributed by atoms with Gasteiger partial charge in [-0.1, -0.05) is 11.6 Å². The molecule has 1 saturated carbocycles. The van der Waals surface area contributed by atoms with Gasteiger partial charge >= 0.3 is 17.9 Å². The Morgan fingerprint density at radius 3 is 2.13 bits per heavy atom.